The maximum Gasteiger partial charge on any atom is 0.412 e. The number of carbonyl (C=O) groups is 1. The van der Waals surface area contributed by atoms with Gasteiger partial charge < -0.3 is 9.26 Å². The number of hydrogen-bond acceptors (Lipinski definition) is 4. The number of nitrogens with one attached hydrogen (secondary N) is 1. The van der Waals surface area contributed by atoms with Crippen LogP contribution in [-0.2, 0) is 4.74 Å². The van der Waals surface area contributed by atoms with Crippen molar-refractivity contribution in [2.75, 3.05) is 5.32 Å². The molecule has 0 fully saturated rings. The molecule has 5 heteroatoms. The summed E-state index contributed by atoms with van der Waals surface area (Å²) in [6, 6.07) is 9.52. The lowest BCUT2D eigenvalue weighted by atomic mass is 10.1. The van der Waals surface area contributed by atoms with Gasteiger partial charge in [0.25, 0.3) is 0 Å². The lowest BCUT2D eigenvalue weighted by molar-refractivity contribution is 0.121. The molecule has 0 saturated heterocycles. The van der Waals surface area contributed by atoms with Gasteiger partial charge in [0.2, 0.25) is 0 Å². The lowest BCUT2D eigenvalue weighted by Gasteiger charge is -2.13. The molecule has 0 aliphatic carbocycles. The van der Waals surface area contributed by atoms with E-state index in [1.165, 1.54) is 6.26 Å². The molecule has 18 heavy (non-hydrogen) atoms. The highest BCUT2D eigenvalue weighted by atomic mass is 16.6. The van der Waals surface area contributed by atoms with Crippen LogP contribution in [0, 0.1) is 6.92 Å². The van der Waals surface area contributed by atoms with Crippen LogP contribution < -0.4 is 5.32 Å². The molecule has 0 aliphatic rings. The van der Waals surface area contributed by atoms with E-state index in [4.69, 9.17) is 9.26 Å². The first-order valence-electron chi connectivity index (χ1n) is 5.60. The van der Waals surface area contributed by atoms with Gasteiger partial charge in [-0.2, -0.15) is 0 Å². The number of aromatic nitrogens is 1. The van der Waals surface area contributed by atoms with Crippen molar-refractivity contribution in [1.29, 1.82) is 0 Å². The van der Waals surface area contributed by atoms with Crippen molar-refractivity contribution in [2.24, 2.45) is 0 Å². The number of carbonyl (C=O) groups excluding carboxylic acids is 1. The van der Waals surface area contributed by atoms with E-state index in [-0.39, 0.29) is 6.10 Å². The molecule has 2 rings (SSSR count). The maximum absolute atomic E-state index is 11.6. The highest BCUT2D eigenvalue weighted by molar-refractivity contribution is 5.85. The Labute approximate surface area is 105 Å². The first kappa shape index (κ1) is 12.2. The van der Waals surface area contributed by atoms with Gasteiger partial charge in [-0.1, -0.05) is 35.5 Å². The van der Waals surface area contributed by atoms with Crippen molar-refractivity contribution in [3.8, 4) is 0 Å². The van der Waals surface area contributed by atoms with E-state index in [0.29, 0.717) is 11.4 Å². The van der Waals surface area contributed by atoms with Gasteiger partial charge >= 0.3 is 6.09 Å². The zero-order valence-corrected chi connectivity index (χ0v) is 10.2. The molecular weight excluding hydrogens is 232 g/mol. The molecule has 0 unspecified atom stereocenters. The molecule has 0 radical (unpaired) electrons. The standard InChI is InChI=1S/C13H14N2O3/c1-9-12(8-17-15-9)14-13(16)18-10(2)11-6-4-3-5-7-11/h3-8,10H,1-2H3,(H,14,16)/t10-/m0/s1. The molecule has 1 aromatic carbocycles. The number of benzene rings is 1. The summed E-state index contributed by atoms with van der Waals surface area (Å²) >= 11 is 0. The Balaban J connectivity index is 1.94. The Morgan fingerprint density at radius 3 is 2.72 bits per heavy atom. The van der Waals surface area contributed by atoms with Gasteiger partial charge in [0.05, 0.1) is 0 Å². The zero-order valence-electron chi connectivity index (χ0n) is 10.2. The summed E-state index contributed by atoms with van der Waals surface area (Å²) in [5, 5.41) is 6.24. The number of ether oxygens (including phenoxy) is 1. The fourth-order valence-electron chi connectivity index (χ4n) is 1.50. The third kappa shape index (κ3) is 2.88. The topological polar surface area (TPSA) is 64.4 Å². The number of hydrogen-bond donors (Lipinski definition) is 1. The first-order chi connectivity index (χ1) is 8.66. The van der Waals surface area contributed by atoms with Gasteiger partial charge in [0, 0.05) is 0 Å². The average molecular weight is 246 g/mol. The molecule has 1 aromatic heterocycles. The van der Waals surface area contributed by atoms with E-state index in [2.05, 4.69) is 10.5 Å². The molecule has 94 valence electrons. The van der Waals surface area contributed by atoms with Crippen molar-refractivity contribution in [2.45, 2.75) is 20.0 Å². The number of amides is 1. The van der Waals surface area contributed by atoms with Crippen LogP contribution in [0.1, 0.15) is 24.3 Å². The van der Waals surface area contributed by atoms with Crippen LogP contribution in [-0.4, -0.2) is 11.2 Å². The van der Waals surface area contributed by atoms with Gasteiger partial charge in [0.1, 0.15) is 23.7 Å². The van der Waals surface area contributed by atoms with Crippen molar-refractivity contribution < 1.29 is 14.1 Å². The minimum Gasteiger partial charge on any atom is -0.441 e. The third-order valence-corrected chi connectivity index (χ3v) is 2.54. The molecule has 0 bridgehead atoms. The molecule has 0 saturated carbocycles. The van der Waals surface area contributed by atoms with Crippen molar-refractivity contribution in [3.63, 3.8) is 0 Å². The largest absolute Gasteiger partial charge is 0.441 e. The summed E-state index contributed by atoms with van der Waals surface area (Å²) in [4.78, 5) is 11.6. The Hall–Kier alpha value is -2.30. The molecule has 5 nitrogen and oxygen atoms in total. The predicted molar refractivity (Wildman–Crippen MR) is 66.2 cm³/mol. The average Bonchev–Trinajstić information content (AvgIpc) is 2.76. The summed E-state index contributed by atoms with van der Waals surface area (Å²) in [7, 11) is 0. The fourth-order valence-corrected chi connectivity index (χ4v) is 1.50. The van der Waals surface area contributed by atoms with Crippen molar-refractivity contribution in [1.82, 2.24) is 5.16 Å². The highest BCUT2D eigenvalue weighted by Crippen LogP contribution is 2.18. The highest BCUT2D eigenvalue weighted by Gasteiger charge is 2.13. The van der Waals surface area contributed by atoms with Crippen LogP contribution in [0.4, 0.5) is 10.5 Å². The van der Waals surface area contributed by atoms with Crippen LogP contribution >= 0.6 is 0 Å². The molecule has 1 N–H and O–H groups in total. The van der Waals surface area contributed by atoms with Gasteiger partial charge in [-0.3, -0.25) is 5.32 Å². The van der Waals surface area contributed by atoms with Crippen molar-refractivity contribution >= 4 is 11.8 Å². The van der Waals surface area contributed by atoms with E-state index in [1.807, 2.05) is 37.3 Å². The summed E-state index contributed by atoms with van der Waals surface area (Å²) < 4.78 is 9.96. The number of aryl methyl sites for hydroxylation is 1. The molecule has 1 heterocycles. The number of nitrogens with zero attached hydrogens (tertiary/aromatic N) is 1. The second-order valence-corrected chi connectivity index (χ2v) is 3.90. The Morgan fingerprint density at radius 1 is 1.39 bits per heavy atom. The molecule has 0 spiro atoms. The molecule has 0 aliphatic heterocycles. The second-order valence-electron chi connectivity index (χ2n) is 3.90. The van der Waals surface area contributed by atoms with Crippen LogP contribution in [0.15, 0.2) is 41.1 Å². The summed E-state index contributed by atoms with van der Waals surface area (Å²) in [5.41, 5.74) is 2.06. The minimum absolute atomic E-state index is 0.314. The molecule has 2 aromatic rings. The monoisotopic (exact) mass is 246 g/mol. The third-order valence-electron chi connectivity index (χ3n) is 2.54. The van der Waals surface area contributed by atoms with Crippen LogP contribution in [0.2, 0.25) is 0 Å². The summed E-state index contributed by atoms with van der Waals surface area (Å²) in [5.74, 6) is 0. The van der Waals surface area contributed by atoms with Gasteiger partial charge in [-0.25, -0.2) is 4.79 Å². The Morgan fingerprint density at radius 2 is 2.11 bits per heavy atom. The zero-order chi connectivity index (χ0) is 13.0. The van der Waals surface area contributed by atoms with E-state index in [1.54, 1.807) is 6.92 Å². The second kappa shape index (κ2) is 5.35. The quantitative estimate of drug-likeness (QED) is 0.902. The van der Waals surface area contributed by atoms with Crippen LogP contribution in [0.25, 0.3) is 0 Å². The normalized spacial score (nSPS) is 11.9. The number of anilines is 1. The predicted octanol–water partition coefficient (Wildman–Crippen LogP) is 3.29. The van der Waals surface area contributed by atoms with Crippen LogP contribution in [0.3, 0.4) is 0 Å². The van der Waals surface area contributed by atoms with E-state index in [0.717, 1.165) is 5.56 Å². The smallest absolute Gasteiger partial charge is 0.412 e. The Bertz CT molecular complexity index is 522. The fraction of sp³-hybridized carbons (Fsp3) is 0.231. The van der Waals surface area contributed by atoms with Crippen molar-refractivity contribution in [3.05, 3.63) is 47.9 Å². The molecule has 1 atom stereocenters. The minimum atomic E-state index is -0.530. The maximum atomic E-state index is 11.6. The van der Waals surface area contributed by atoms with Gasteiger partial charge in [-0.05, 0) is 19.4 Å². The van der Waals surface area contributed by atoms with E-state index >= 15 is 0 Å². The SMILES string of the molecule is Cc1nocc1NC(=O)O[C@@H](C)c1ccccc1. The van der Waals surface area contributed by atoms with Gasteiger partial charge in [-0.15, -0.1) is 0 Å². The molecular formula is C13H14N2O3. The lowest BCUT2D eigenvalue weighted by Crippen LogP contribution is -2.16. The van der Waals surface area contributed by atoms with Crippen LogP contribution in [0.5, 0.6) is 0 Å². The number of rotatable bonds is 3. The summed E-state index contributed by atoms with van der Waals surface area (Å²) in [6.07, 6.45) is 0.521. The first-order valence-corrected chi connectivity index (χ1v) is 5.60. The molecule has 1 amide bonds. The summed E-state index contributed by atoms with van der Waals surface area (Å²) in [6.45, 7) is 3.55. The Kier molecular flexibility index (Phi) is 3.62. The van der Waals surface area contributed by atoms with Gasteiger partial charge in [0.15, 0.2) is 0 Å². The van der Waals surface area contributed by atoms with E-state index in [9.17, 15) is 4.79 Å². The van der Waals surface area contributed by atoms with E-state index < -0.39 is 6.09 Å².